The van der Waals surface area contributed by atoms with E-state index in [9.17, 15) is 0 Å². The minimum atomic E-state index is 0.278. The van der Waals surface area contributed by atoms with Gasteiger partial charge in [-0.15, -0.1) is 5.10 Å². The van der Waals surface area contributed by atoms with Crippen LogP contribution in [0.15, 0.2) is 71.9 Å². The van der Waals surface area contributed by atoms with Crippen molar-refractivity contribution in [2.24, 2.45) is 0 Å². The van der Waals surface area contributed by atoms with Crippen LogP contribution in [0.3, 0.4) is 0 Å². The fraction of sp³-hybridized carbons (Fsp3) is 0.208. The summed E-state index contributed by atoms with van der Waals surface area (Å²) in [6.07, 6.45) is 0.943. The van der Waals surface area contributed by atoms with Crippen molar-refractivity contribution in [2.75, 3.05) is 12.3 Å². The van der Waals surface area contributed by atoms with E-state index in [4.69, 9.17) is 39.5 Å². The molecule has 1 aromatic heterocycles. The van der Waals surface area contributed by atoms with E-state index in [-0.39, 0.29) is 6.61 Å². The zero-order valence-electron chi connectivity index (χ0n) is 18.1. The van der Waals surface area contributed by atoms with Crippen LogP contribution in [0.2, 0.25) is 15.1 Å². The van der Waals surface area contributed by atoms with Gasteiger partial charge in [-0.1, -0.05) is 70.8 Å². The van der Waals surface area contributed by atoms with Gasteiger partial charge >= 0.3 is 0 Å². The van der Waals surface area contributed by atoms with E-state index in [0.717, 1.165) is 46.4 Å². The van der Waals surface area contributed by atoms with Gasteiger partial charge in [0.1, 0.15) is 12.4 Å². The Bertz CT molecular complexity index is 1200. The third kappa shape index (κ3) is 6.64. The first-order valence-corrected chi connectivity index (χ1v) is 12.7. The number of benzene rings is 3. The number of tetrazole rings is 1. The molecule has 176 valence electrons. The van der Waals surface area contributed by atoms with E-state index in [0.29, 0.717) is 21.6 Å². The molecule has 6 nitrogen and oxygen atoms in total. The average Bonchev–Trinajstić information content (AvgIpc) is 3.31. The maximum absolute atomic E-state index is 6.26. The third-order valence-electron chi connectivity index (χ3n) is 4.94. The highest BCUT2D eigenvalue weighted by Gasteiger charge is 2.11. The molecular formula is C24H22Cl3N5OS. The molecule has 4 rings (SSSR count). The number of para-hydroxylation sites is 1. The minimum Gasteiger partial charge on any atom is -0.488 e. The molecule has 34 heavy (non-hydrogen) atoms. The molecule has 0 atom stereocenters. The number of hydrogen-bond acceptors (Lipinski definition) is 6. The summed E-state index contributed by atoms with van der Waals surface area (Å²) in [5.74, 6) is 1.62. The van der Waals surface area contributed by atoms with Crippen molar-refractivity contribution in [3.8, 4) is 11.4 Å². The molecule has 1 N–H and O–H groups in total. The van der Waals surface area contributed by atoms with Crippen molar-refractivity contribution in [1.82, 2.24) is 25.5 Å². The maximum Gasteiger partial charge on any atom is 0.214 e. The number of halogens is 3. The Balaban J connectivity index is 1.26. The molecular weight excluding hydrogens is 513 g/mol. The average molecular weight is 535 g/mol. The van der Waals surface area contributed by atoms with Crippen molar-refractivity contribution in [3.05, 3.63) is 92.9 Å². The normalized spacial score (nSPS) is 11.0. The van der Waals surface area contributed by atoms with Crippen LogP contribution in [0.4, 0.5) is 0 Å². The predicted molar refractivity (Wildman–Crippen MR) is 138 cm³/mol. The summed E-state index contributed by atoms with van der Waals surface area (Å²) >= 11 is 20.4. The van der Waals surface area contributed by atoms with Crippen LogP contribution in [-0.2, 0) is 13.2 Å². The highest BCUT2D eigenvalue weighted by molar-refractivity contribution is 7.99. The molecule has 3 aromatic carbocycles. The lowest BCUT2D eigenvalue weighted by Crippen LogP contribution is -2.16. The van der Waals surface area contributed by atoms with E-state index < -0.39 is 0 Å². The Labute approximate surface area is 217 Å². The summed E-state index contributed by atoms with van der Waals surface area (Å²) in [6.45, 7) is 1.72. The van der Waals surface area contributed by atoms with Crippen LogP contribution in [0.5, 0.6) is 5.75 Å². The summed E-state index contributed by atoms with van der Waals surface area (Å²) in [6, 6.07) is 20.8. The summed E-state index contributed by atoms with van der Waals surface area (Å²) in [7, 11) is 0. The van der Waals surface area contributed by atoms with E-state index in [2.05, 4.69) is 20.8 Å². The van der Waals surface area contributed by atoms with Gasteiger partial charge in [0.2, 0.25) is 5.16 Å². The molecule has 0 aliphatic carbocycles. The largest absolute Gasteiger partial charge is 0.488 e. The first-order chi connectivity index (χ1) is 16.6. The van der Waals surface area contributed by atoms with Gasteiger partial charge in [-0.2, -0.15) is 4.68 Å². The first-order valence-electron chi connectivity index (χ1n) is 10.6. The molecule has 10 heteroatoms. The fourth-order valence-electron chi connectivity index (χ4n) is 3.23. The molecule has 0 aliphatic rings. The molecule has 0 unspecified atom stereocenters. The van der Waals surface area contributed by atoms with Gasteiger partial charge in [-0.25, -0.2) is 0 Å². The highest BCUT2D eigenvalue weighted by atomic mass is 35.5. The van der Waals surface area contributed by atoms with Crippen LogP contribution in [0.1, 0.15) is 17.5 Å². The molecule has 0 fully saturated rings. The Morgan fingerprint density at radius 2 is 1.74 bits per heavy atom. The number of ether oxygens (including phenoxy) is 1. The van der Waals surface area contributed by atoms with Gasteiger partial charge < -0.3 is 10.1 Å². The van der Waals surface area contributed by atoms with Gasteiger partial charge in [-0.3, -0.25) is 0 Å². The molecule has 0 bridgehead atoms. The van der Waals surface area contributed by atoms with E-state index in [1.54, 1.807) is 28.6 Å². The van der Waals surface area contributed by atoms with E-state index in [1.807, 2.05) is 54.6 Å². The number of aromatic nitrogens is 4. The Hall–Kier alpha value is -2.29. The Morgan fingerprint density at radius 3 is 2.53 bits per heavy atom. The maximum atomic E-state index is 6.26. The monoisotopic (exact) mass is 533 g/mol. The first kappa shape index (κ1) is 24.8. The van der Waals surface area contributed by atoms with Gasteiger partial charge in [0.15, 0.2) is 0 Å². The SMILES string of the molecule is Clc1ccc(OCc2c(Cl)cccc2Cl)c(CNCCCSc2nnnn2-c2ccccc2)c1. The quantitative estimate of drug-likeness (QED) is 0.176. The lowest BCUT2D eigenvalue weighted by Gasteiger charge is -2.14. The number of hydrogen-bond donors (Lipinski definition) is 1. The topological polar surface area (TPSA) is 64.9 Å². The predicted octanol–water partition coefficient (Wildman–Crippen LogP) is 6.47. The third-order valence-corrected chi connectivity index (χ3v) is 6.89. The molecule has 0 amide bonds. The number of rotatable bonds is 11. The molecule has 0 saturated heterocycles. The zero-order valence-corrected chi connectivity index (χ0v) is 21.2. The van der Waals surface area contributed by atoms with Crippen molar-refractivity contribution in [3.63, 3.8) is 0 Å². The van der Waals surface area contributed by atoms with Crippen LogP contribution in [0.25, 0.3) is 5.69 Å². The summed E-state index contributed by atoms with van der Waals surface area (Å²) in [5.41, 5.74) is 2.67. The Morgan fingerprint density at radius 1 is 0.941 bits per heavy atom. The van der Waals surface area contributed by atoms with Gasteiger partial charge in [-0.05, 0) is 65.9 Å². The highest BCUT2D eigenvalue weighted by Crippen LogP contribution is 2.28. The van der Waals surface area contributed by atoms with E-state index in [1.165, 1.54) is 0 Å². The molecule has 0 saturated carbocycles. The van der Waals surface area contributed by atoms with Gasteiger partial charge in [0.25, 0.3) is 0 Å². The smallest absolute Gasteiger partial charge is 0.214 e. The van der Waals surface area contributed by atoms with Crippen LogP contribution in [0, 0.1) is 0 Å². The molecule has 0 spiro atoms. The minimum absolute atomic E-state index is 0.278. The molecule has 0 radical (unpaired) electrons. The molecule has 4 aromatic rings. The van der Waals surface area contributed by atoms with Crippen LogP contribution in [-0.4, -0.2) is 32.5 Å². The zero-order chi connectivity index (χ0) is 23.8. The lowest BCUT2D eigenvalue weighted by atomic mass is 10.2. The standard InChI is InChI=1S/C24H22Cl3N5OS/c25-18-10-11-23(33-16-20-21(26)8-4-9-22(20)27)17(14-18)15-28-12-5-13-34-24-29-30-31-32(24)19-6-2-1-3-7-19/h1-4,6-11,14,28H,5,12-13,15-16H2. The van der Waals surface area contributed by atoms with Crippen LogP contribution >= 0.6 is 46.6 Å². The second-order valence-electron chi connectivity index (χ2n) is 7.33. The second-order valence-corrected chi connectivity index (χ2v) is 9.64. The van der Waals surface area contributed by atoms with Crippen molar-refractivity contribution < 1.29 is 4.74 Å². The second kappa shape index (κ2) is 12.4. The van der Waals surface area contributed by atoms with E-state index >= 15 is 0 Å². The van der Waals surface area contributed by atoms with Crippen molar-refractivity contribution in [1.29, 1.82) is 0 Å². The van der Waals surface area contributed by atoms with Crippen molar-refractivity contribution in [2.45, 2.75) is 24.7 Å². The fourth-order valence-corrected chi connectivity index (χ4v) is 4.76. The summed E-state index contributed by atoms with van der Waals surface area (Å²) in [5, 5.41) is 18.1. The molecule has 0 aliphatic heterocycles. The number of nitrogens with one attached hydrogen (secondary N) is 1. The lowest BCUT2D eigenvalue weighted by molar-refractivity contribution is 0.302. The number of nitrogens with zero attached hydrogens (tertiary/aromatic N) is 4. The molecule has 1 heterocycles. The Kier molecular flexibility index (Phi) is 9.07. The summed E-state index contributed by atoms with van der Waals surface area (Å²) < 4.78 is 7.77. The van der Waals surface area contributed by atoms with Gasteiger partial charge in [0.05, 0.1) is 5.69 Å². The van der Waals surface area contributed by atoms with Gasteiger partial charge in [0, 0.05) is 38.5 Å². The van der Waals surface area contributed by atoms with Crippen molar-refractivity contribution >= 4 is 46.6 Å². The van der Waals surface area contributed by atoms with Crippen LogP contribution < -0.4 is 10.1 Å². The number of thioether (sulfide) groups is 1. The summed E-state index contributed by atoms with van der Waals surface area (Å²) in [4.78, 5) is 0.